The monoisotopic (exact) mass is 258 g/mol. The molecule has 0 saturated heterocycles. The number of aromatic nitrogens is 1. The number of carbonyl (C=O) groups excluding carboxylic acids is 1. The van der Waals surface area contributed by atoms with E-state index in [2.05, 4.69) is 4.98 Å². The van der Waals surface area contributed by atoms with Crippen molar-refractivity contribution >= 4 is 5.97 Å². The van der Waals surface area contributed by atoms with Gasteiger partial charge in [0.1, 0.15) is 0 Å². The first kappa shape index (κ1) is 14.5. The molecule has 0 radical (unpaired) electrons. The van der Waals surface area contributed by atoms with Crippen LogP contribution < -0.4 is 5.73 Å². The number of alkyl halides is 2. The highest BCUT2D eigenvalue weighted by molar-refractivity contribution is 5.72. The van der Waals surface area contributed by atoms with Gasteiger partial charge in [-0.2, -0.15) is 0 Å². The normalized spacial score (nSPS) is 10.8. The molecule has 1 aromatic heterocycles. The van der Waals surface area contributed by atoms with Gasteiger partial charge in [-0.05, 0) is 25.0 Å². The Morgan fingerprint density at radius 1 is 1.56 bits per heavy atom. The Balaban J connectivity index is 3.11. The van der Waals surface area contributed by atoms with Crippen LogP contribution >= 0.6 is 0 Å². The van der Waals surface area contributed by atoms with Gasteiger partial charge in [0.05, 0.1) is 18.7 Å². The maximum Gasteiger partial charge on any atom is 0.311 e. The van der Waals surface area contributed by atoms with E-state index < -0.39 is 12.4 Å². The number of hydrogen-bond donors (Lipinski definition) is 1. The Morgan fingerprint density at radius 3 is 2.72 bits per heavy atom. The SMILES string of the molecule is CCOC(=O)Cc1ncc(CN)c(C)c1C(F)F. The van der Waals surface area contributed by atoms with E-state index in [1.54, 1.807) is 13.8 Å². The number of hydrogen-bond acceptors (Lipinski definition) is 4. The van der Waals surface area contributed by atoms with E-state index in [0.717, 1.165) is 0 Å². The predicted molar refractivity (Wildman–Crippen MR) is 62.2 cm³/mol. The van der Waals surface area contributed by atoms with Crippen molar-refractivity contribution in [1.29, 1.82) is 0 Å². The van der Waals surface area contributed by atoms with Crippen LogP contribution in [0, 0.1) is 6.92 Å². The first-order chi connectivity index (χ1) is 8.51. The van der Waals surface area contributed by atoms with E-state index in [-0.39, 0.29) is 30.8 Å². The number of carbonyl (C=O) groups is 1. The third-order valence-electron chi connectivity index (χ3n) is 2.63. The van der Waals surface area contributed by atoms with Crippen molar-refractivity contribution in [1.82, 2.24) is 4.98 Å². The maximum absolute atomic E-state index is 13.0. The first-order valence-corrected chi connectivity index (χ1v) is 5.62. The molecule has 1 heterocycles. The van der Waals surface area contributed by atoms with Gasteiger partial charge < -0.3 is 10.5 Å². The van der Waals surface area contributed by atoms with E-state index >= 15 is 0 Å². The van der Waals surface area contributed by atoms with Gasteiger partial charge in [-0.25, -0.2) is 8.78 Å². The van der Waals surface area contributed by atoms with Gasteiger partial charge in [0, 0.05) is 18.3 Å². The molecule has 0 aliphatic heterocycles. The molecule has 0 saturated carbocycles. The fourth-order valence-electron chi connectivity index (χ4n) is 1.70. The zero-order valence-corrected chi connectivity index (χ0v) is 10.4. The van der Waals surface area contributed by atoms with Crippen LogP contribution in [-0.2, 0) is 22.5 Å². The summed E-state index contributed by atoms with van der Waals surface area (Å²) in [4.78, 5) is 15.2. The van der Waals surface area contributed by atoms with Crippen LogP contribution in [0.2, 0.25) is 0 Å². The Labute approximate surface area is 104 Å². The maximum atomic E-state index is 13.0. The Kier molecular flexibility index (Phi) is 5.15. The summed E-state index contributed by atoms with van der Waals surface area (Å²) in [6.45, 7) is 3.56. The zero-order valence-electron chi connectivity index (χ0n) is 10.4. The summed E-state index contributed by atoms with van der Waals surface area (Å²) in [7, 11) is 0. The first-order valence-electron chi connectivity index (χ1n) is 5.62. The van der Waals surface area contributed by atoms with Gasteiger partial charge in [0.2, 0.25) is 0 Å². The van der Waals surface area contributed by atoms with Gasteiger partial charge in [-0.3, -0.25) is 9.78 Å². The van der Waals surface area contributed by atoms with Gasteiger partial charge in [0.15, 0.2) is 0 Å². The number of nitrogens with two attached hydrogens (primary N) is 1. The zero-order chi connectivity index (χ0) is 13.7. The summed E-state index contributed by atoms with van der Waals surface area (Å²) < 4.78 is 30.7. The lowest BCUT2D eigenvalue weighted by Crippen LogP contribution is -2.14. The highest BCUT2D eigenvalue weighted by Crippen LogP contribution is 2.27. The van der Waals surface area contributed by atoms with E-state index in [0.29, 0.717) is 11.1 Å². The molecule has 1 aromatic rings. The molecule has 0 amide bonds. The molecule has 2 N–H and O–H groups in total. The quantitative estimate of drug-likeness (QED) is 0.819. The van der Waals surface area contributed by atoms with Crippen LogP contribution in [0.1, 0.15) is 35.7 Å². The lowest BCUT2D eigenvalue weighted by molar-refractivity contribution is -0.142. The lowest BCUT2D eigenvalue weighted by Gasteiger charge is -2.13. The predicted octanol–water partition coefficient (Wildman–Crippen LogP) is 1.89. The molecule has 0 unspecified atom stereocenters. The second kappa shape index (κ2) is 6.39. The standard InChI is InChI=1S/C12H16F2N2O2/c1-3-18-10(17)4-9-11(12(13)14)7(2)8(5-15)6-16-9/h6,12H,3-5,15H2,1-2H3. The van der Waals surface area contributed by atoms with Gasteiger partial charge in [-0.1, -0.05) is 0 Å². The largest absolute Gasteiger partial charge is 0.466 e. The topological polar surface area (TPSA) is 65.2 Å². The van der Waals surface area contributed by atoms with E-state index in [4.69, 9.17) is 10.5 Å². The second-order valence-corrected chi connectivity index (χ2v) is 3.76. The van der Waals surface area contributed by atoms with Gasteiger partial charge in [0.25, 0.3) is 6.43 Å². The average molecular weight is 258 g/mol. The van der Waals surface area contributed by atoms with Crippen molar-refractivity contribution in [3.05, 3.63) is 28.6 Å². The van der Waals surface area contributed by atoms with Crippen LogP contribution in [0.15, 0.2) is 6.20 Å². The van der Waals surface area contributed by atoms with Crippen LogP contribution in [0.25, 0.3) is 0 Å². The van der Waals surface area contributed by atoms with Crippen LogP contribution in [0.5, 0.6) is 0 Å². The summed E-state index contributed by atoms with van der Waals surface area (Å²) in [6, 6.07) is 0. The number of halogens is 2. The fourth-order valence-corrected chi connectivity index (χ4v) is 1.70. The molecular formula is C12H16F2N2O2. The Morgan fingerprint density at radius 2 is 2.22 bits per heavy atom. The van der Waals surface area contributed by atoms with Crippen molar-refractivity contribution in [2.45, 2.75) is 33.2 Å². The lowest BCUT2D eigenvalue weighted by atomic mass is 10.0. The molecule has 0 aliphatic rings. The van der Waals surface area contributed by atoms with Crippen LogP contribution in [0.3, 0.4) is 0 Å². The Hall–Kier alpha value is -1.56. The smallest absolute Gasteiger partial charge is 0.311 e. The highest BCUT2D eigenvalue weighted by Gasteiger charge is 2.21. The molecule has 6 heteroatoms. The Bertz CT molecular complexity index is 436. The number of nitrogens with zero attached hydrogens (tertiary/aromatic N) is 1. The molecule has 0 bridgehead atoms. The molecule has 1 rings (SSSR count). The van der Waals surface area contributed by atoms with E-state index in [9.17, 15) is 13.6 Å². The average Bonchev–Trinajstić information content (AvgIpc) is 2.29. The number of rotatable bonds is 5. The minimum Gasteiger partial charge on any atom is -0.466 e. The minimum absolute atomic E-state index is 0.0538. The van der Waals surface area contributed by atoms with Crippen molar-refractivity contribution in [3.8, 4) is 0 Å². The molecule has 0 atom stereocenters. The molecule has 0 aliphatic carbocycles. The van der Waals surface area contributed by atoms with Gasteiger partial charge in [-0.15, -0.1) is 0 Å². The highest BCUT2D eigenvalue weighted by atomic mass is 19.3. The third-order valence-corrected chi connectivity index (χ3v) is 2.63. The van der Waals surface area contributed by atoms with Crippen molar-refractivity contribution in [3.63, 3.8) is 0 Å². The van der Waals surface area contributed by atoms with Crippen LogP contribution in [0.4, 0.5) is 8.78 Å². The molecule has 0 spiro atoms. The summed E-state index contributed by atoms with van der Waals surface area (Å²) in [5, 5.41) is 0. The number of esters is 1. The molecule has 0 aromatic carbocycles. The van der Waals surface area contributed by atoms with Crippen molar-refractivity contribution in [2.75, 3.05) is 6.61 Å². The molecule has 18 heavy (non-hydrogen) atoms. The van der Waals surface area contributed by atoms with Gasteiger partial charge >= 0.3 is 5.97 Å². The van der Waals surface area contributed by atoms with Crippen LogP contribution in [-0.4, -0.2) is 17.6 Å². The van der Waals surface area contributed by atoms with Crippen molar-refractivity contribution < 1.29 is 18.3 Å². The third kappa shape index (κ3) is 3.22. The summed E-state index contributed by atoms with van der Waals surface area (Å²) in [6.07, 6.45) is -1.51. The molecular weight excluding hydrogens is 242 g/mol. The summed E-state index contributed by atoms with van der Waals surface area (Å²) >= 11 is 0. The second-order valence-electron chi connectivity index (χ2n) is 3.76. The van der Waals surface area contributed by atoms with E-state index in [1.165, 1.54) is 6.20 Å². The summed E-state index contributed by atoms with van der Waals surface area (Å²) in [5.74, 6) is -0.563. The minimum atomic E-state index is -2.69. The van der Waals surface area contributed by atoms with Crippen molar-refractivity contribution in [2.24, 2.45) is 5.73 Å². The molecule has 100 valence electrons. The molecule has 0 fully saturated rings. The number of pyridine rings is 1. The molecule has 4 nitrogen and oxygen atoms in total. The number of ether oxygens (including phenoxy) is 1. The fraction of sp³-hybridized carbons (Fsp3) is 0.500. The van der Waals surface area contributed by atoms with E-state index in [1.807, 2.05) is 0 Å². The summed E-state index contributed by atoms with van der Waals surface area (Å²) in [5.41, 5.74) is 6.22.